The molecule has 0 aromatic heterocycles. The number of methoxy groups -OCH3 is 1. The summed E-state index contributed by atoms with van der Waals surface area (Å²) in [6, 6.07) is 33.3. The molecule has 222 valence electrons. The Balaban J connectivity index is 1.05. The molecular formula is C36H39N3O3S. The zero-order valence-corrected chi connectivity index (χ0v) is 25.5. The molecule has 4 aromatic carbocycles. The second-order valence-corrected chi connectivity index (χ2v) is 12.2. The lowest BCUT2D eigenvalue weighted by Gasteiger charge is -2.26. The Morgan fingerprint density at radius 2 is 1.65 bits per heavy atom. The van der Waals surface area contributed by atoms with Crippen LogP contribution in [0.3, 0.4) is 0 Å². The SMILES string of the molecule is COc1cccc(CCc2ccccc2OCC(O)CN2CCCN(C3=Nc4ccccc4Sc4ccccc43)CC2)c1. The molecule has 4 aromatic rings. The predicted octanol–water partition coefficient (Wildman–Crippen LogP) is 6.47. The molecule has 0 saturated carbocycles. The lowest BCUT2D eigenvalue weighted by Crippen LogP contribution is -2.39. The molecule has 2 aliphatic rings. The molecule has 0 aliphatic carbocycles. The lowest BCUT2D eigenvalue weighted by molar-refractivity contribution is 0.0695. The van der Waals surface area contributed by atoms with E-state index in [0.29, 0.717) is 6.54 Å². The summed E-state index contributed by atoms with van der Waals surface area (Å²) in [5.41, 5.74) is 4.59. The maximum Gasteiger partial charge on any atom is 0.137 e. The van der Waals surface area contributed by atoms with Crippen molar-refractivity contribution in [1.29, 1.82) is 0 Å². The largest absolute Gasteiger partial charge is 0.497 e. The highest BCUT2D eigenvalue weighted by Crippen LogP contribution is 2.40. The van der Waals surface area contributed by atoms with Gasteiger partial charge >= 0.3 is 0 Å². The van der Waals surface area contributed by atoms with Gasteiger partial charge in [0.05, 0.1) is 12.8 Å². The number of para-hydroxylation sites is 2. The standard InChI is InChI=1S/C36H39N3O3S/c1-41-30-12-8-10-27(24-30)18-19-28-11-2-5-15-33(28)42-26-29(40)25-38-20-9-21-39(23-22-38)36-31-13-3-6-16-34(31)43-35-17-7-4-14-32(35)37-36/h2-8,10-17,24,29,40H,9,18-23,25-26H2,1H3. The monoisotopic (exact) mass is 593 g/mol. The number of ether oxygens (including phenoxy) is 2. The molecule has 2 heterocycles. The maximum atomic E-state index is 11.0. The number of β-amino-alcohol motifs (C(OH)–C–C–N with tert-alkyl or cyclic N) is 1. The van der Waals surface area contributed by atoms with Crippen molar-refractivity contribution in [2.45, 2.75) is 35.2 Å². The third kappa shape index (κ3) is 7.42. The van der Waals surface area contributed by atoms with Crippen molar-refractivity contribution in [2.24, 2.45) is 4.99 Å². The number of aryl methyl sites for hydroxylation is 2. The van der Waals surface area contributed by atoms with Gasteiger partial charge in [-0.15, -0.1) is 0 Å². The number of nitrogens with zero attached hydrogens (tertiary/aromatic N) is 3. The number of fused-ring (bicyclic) bond motifs is 2. The third-order valence-corrected chi connectivity index (χ3v) is 9.16. The van der Waals surface area contributed by atoms with Gasteiger partial charge in [-0.2, -0.15) is 0 Å². The average Bonchev–Trinajstić information content (AvgIpc) is 3.37. The van der Waals surface area contributed by atoms with E-state index in [9.17, 15) is 5.11 Å². The van der Waals surface area contributed by atoms with Crippen molar-refractivity contribution < 1.29 is 14.6 Å². The van der Waals surface area contributed by atoms with Crippen molar-refractivity contribution in [3.05, 3.63) is 114 Å². The van der Waals surface area contributed by atoms with Crippen molar-refractivity contribution in [1.82, 2.24) is 9.80 Å². The van der Waals surface area contributed by atoms with E-state index in [1.807, 2.05) is 30.3 Å². The molecule has 43 heavy (non-hydrogen) atoms. The highest BCUT2D eigenvalue weighted by Gasteiger charge is 2.25. The van der Waals surface area contributed by atoms with E-state index in [4.69, 9.17) is 14.5 Å². The Labute approximate surface area is 259 Å². The van der Waals surface area contributed by atoms with E-state index >= 15 is 0 Å². The number of rotatable bonds is 9. The maximum absolute atomic E-state index is 11.0. The van der Waals surface area contributed by atoms with Crippen LogP contribution in [0.15, 0.2) is 112 Å². The fourth-order valence-corrected chi connectivity index (χ4v) is 6.79. The van der Waals surface area contributed by atoms with Crippen LogP contribution in [0.1, 0.15) is 23.1 Å². The zero-order chi connectivity index (χ0) is 29.4. The van der Waals surface area contributed by atoms with Crippen molar-refractivity contribution in [3.63, 3.8) is 0 Å². The minimum Gasteiger partial charge on any atom is -0.497 e. The summed E-state index contributed by atoms with van der Waals surface area (Å²) in [5, 5.41) is 11.0. The van der Waals surface area contributed by atoms with Crippen LogP contribution in [0.5, 0.6) is 11.5 Å². The van der Waals surface area contributed by atoms with Crippen LogP contribution in [0, 0.1) is 0 Å². The van der Waals surface area contributed by atoms with Crippen molar-refractivity contribution in [2.75, 3.05) is 46.4 Å². The molecule has 1 atom stereocenters. The lowest BCUT2D eigenvalue weighted by atomic mass is 10.0. The summed E-state index contributed by atoms with van der Waals surface area (Å²) in [4.78, 5) is 12.4. The Morgan fingerprint density at radius 1 is 0.837 bits per heavy atom. The summed E-state index contributed by atoms with van der Waals surface area (Å²) in [5.74, 6) is 2.76. The quantitative estimate of drug-likeness (QED) is 0.240. The molecule has 0 bridgehead atoms. The van der Waals surface area contributed by atoms with Gasteiger partial charge in [0, 0.05) is 41.5 Å². The Hall–Kier alpha value is -3.78. The van der Waals surface area contributed by atoms with Gasteiger partial charge < -0.3 is 19.5 Å². The van der Waals surface area contributed by atoms with Crippen LogP contribution in [-0.2, 0) is 12.8 Å². The van der Waals surface area contributed by atoms with Crippen LogP contribution in [0.2, 0.25) is 0 Å². The summed E-state index contributed by atoms with van der Waals surface area (Å²) in [7, 11) is 1.69. The first kappa shape index (κ1) is 29.3. The Kier molecular flexibility index (Phi) is 9.63. The molecule has 1 N–H and O–H groups in total. The van der Waals surface area contributed by atoms with Gasteiger partial charge in [-0.25, -0.2) is 4.99 Å². The van der Waals surface area contributed by atoms with Crippen LogP contribution in [0.25, 0.3) is 0 Å². The number of benzene rings is 4. The minimum absolute atomic E-state index is 0.268. The normalized spacial score (nSPS) is 15.9. The molecule has 6 rings (SSSR count). The van der Waals surface area contributed by atoms with E-state index in [0.717, 1.165) is 74.0 Å². The van der Waals surface area contributed by atoms with Crippen LogP contribution < -0.4 is 9.47 Å². The zero-order valence-electron chi connectivity index (χ0n) is 24.7. The Morgan fingerprint density at radius 3 is 2.56 bits per heavy atom. The molecule has 0 amide bonds. The second kappa shape index (κ2) is 14.1. The minimum atomic E-state index is -0.572. The smallest absolute Gasteiger partial charge is 0.137 e. The summed E-state index contributed by atoms with van der Waals surface area (Å²) in [6.45, 7) is 4.45. The predicted molar refractivity (Wildman–Crippen MR) is 174 cm³/mol. The fraction of sp³-hybridized carbons (Fsp3) is 0.306. The molecule has 1 fully saturated rings. The molecule has 0 spiro atoms. The van der Waals surface area contributed by atoms with E-state index < -0.39 is 6.10 Å². The fourth-order valence-electron chi connectivity index (χ4n) is 5.77. The first-order valence-electron chi connectivity index (χ1n) is 15.1. The molecule has 1 unspecified atom stereocenters. The van der Waals surface area contributed by atoms with Crippen LogP contribution >= 0.6 is 11.8 Å². The number of amidine groups is 1. The number of aliphatic hydroxyl groups excluding tert-OH is 1. The van der Waals surface area contributed by atoms with Crippen LogP contribution in [0.4, 0.5) is 5.69 Å². The topological polar surface area (TPSA) is 57.5 Å². The van der Waals surface area contributed by atoms with Gasteiger partial charge in [0.1, 0.15) is 30.0 Å². The number of hydrogen-bond acceptors (Lipinski definition) is 7. The highest BCUT2D eigenvalue weighted by molar-refractivity contribution is 7.99. The molecule has 6 nitrogen and oxygen atoms in total. The molecule has 7 heteroatoms. The summed E-state index contributed by atoms with van der Waals surface area (Å²) >= 11 is 1.79. The van der Waals surface area contributed by atoms with E-state index in [2.05, 4.69) is 76.5 Å². The number of aliphatic imine (C=N–C) groups is 1. The molecule has 0 radical (unpaired) electrons. The van der Waals surface area contributed by atoms with Gasteiger partial charge in [0.25, 0.3) is 0 Å². The number of hydrogen-bond donors (Lipinski definition) is 1. The van der Waals surface area contributed by atoms with Gasteiger partial charge in [-0.3, -0.25) is 4.90 Å². The first-order valence-corrected chi connectivity index (χ1v) is 15.9. The molecule has 1 saturated heterocycles. The summed E-state index contributed by atoms with van der Waals surface area (Å²) in [6.07, 6.45) is 2.19. The van der Waals surface area contributed by atoms with Gasteiger partial charge in [0.15, 0.2) is 0 Å². The first-order chi connectivity index (χ1) is 21.2. The van der Waals surface area contributed by atoms with E-state index in [1.165, 1.54) is 20.9 Å². The van der Waals surface area contributed by atoms with Crippen LogP contribution in [-0.4, -0.2) is 73.3 Å². The molecular weight excluding hydrogens is 554 g/mol. The van der Waals surface area contributed by atoms with Gasteiger partial charge in [-0.05, 0) is 73.3 Å². The van der Waals surface area contributed by atoms with Crippen molar-refractivity contribution in [3.8, 4) is 11.5 Å². The number of aliphatic hydroxyl groups is 1. The highest BCUT2D eigenvalue weighted by atomic mass is 32.2. The molecule has 2 aliphatic heterocycles. The van der Waals surface area contributed by atoms with Gasteiger partial charge in [-0.1, -0.05) is 72.4 Å². The Bertz CT molecular complexity index is 1560. The van der Waals surface area contributed by atoms with E-state index in [-0.39, 0.29) is 6.61 Å². The second-order valence-electron chi connectivity index (χ2n) is 11.1. The average molecular weight is 594 g/mol. The summed E-state index contributed by atoms with van der Waals surface area (Å²) < 4.78 is 11.5. The van der Waals surface area contributed by atoms with Gasteiger partial charge in [0.2, 0.25) is 0 Å². The van der Waals surface area contributed by atoms with Crippen molar-refractivity contribution >= 4 is 23.3 Å². The van der Waals surface area contributed by atoms with E-state index in [1.54, 1.807) is 18.9 Å². The third-order valence-electron chi connectivity index (χ3n) is 8.02.